The van der Waals surface area contributed by atoms with Crippen molar-refractivity contribution in [2.75, 3.05) is 12.3 Å². The summed E-state index contributed by atoms with van der Waals surface area (Å²) in [5, 5.41) is -0.0517. The zero-order valence-electron chi connectivity index (χ0n) is 13.3. The fourth-order valence-electron chi connectivity index (χ4n) is 2.14. The maximum atomic E-state index is 12.0. The minimum atomic E-state index is -0.636. The zero-order valence-corrected chi connectivity index (χ0v) is 15.6. The van der Waals surface area contributed by atoms with Crippen LogP contribution in [0.4, 0.5) is 5.69 Å². The summed E-state index contributed by atoms with van der Waals surface area (Å²) in [5.41, 5.74) is 5.61. The molecule has 0 aliphatic heterocycles. The van der Waals surface area contributed by atoms with Gasteiger partial charge in [0.05, 0.1) is 17.3 Å². The molecule has 1 aromatic rings. The highest BCUT2D eigenvalue weighted by Gasteiger charge is 2.20. The second kappa shape index (κ2) is 11.0. The van der Waals surface area contributed by atoms with Gasteiger partial charge >= 0.3 is 5.97 Å². The Labute approximate surface area is 152 Å². The minimum Gasteiger partial charge on any atom is -0.461 e. The molecule has 0 aromatic carbocycles. The van der Waals surface area contributed by atoms with Crippen LogP contribution in [0.5, 0.6) is 0 Å². The number of esters is 1. The zero-order chi connectivity index (χ0) is 17.2. The monoisotopic (exact) mass is 380 g/mol. The number of nitrogens with zero attached hydrogens (tertiary/aromatic N) is 1. The van der Waals surface area contributed by atoms with Crippen molar-refractivity contribution < 1.29 is 9.53 Å². The van der Waals surface area contributed by atoms with Crippen LogP contribution in [0.25, 0.3) is 0 Å². The van der Waals surface area contributed by atoms with Gasteiger partial charge in [0.15, 0.2) is 10.8 Å². The lowest BCUT2D eigenvalue weighted by Gasteiger charge is -2.09. The first kappa shape index (κ1) is 20.3. The third kappa shape index (κ3) is 6.74. The molecule has 0 saturated carbocycles. The molecule has 1 heterocycles. The van der Waals surface area contributed by atoms with Crippen molar-refractivity contribution in [2.24, 2.45) is 0 Å². The van der Waals surface area contributed by atoms with Gasteiger partial charge < -0.3 is 10.5 Å². The van der Waals surface area contributed by atoms with Crippen molar-refractivity contribution in [3.05, 3.63) is 20.9 Å². The molecule has 0 radical (unpaired) electrons. The number of carbonyl (C=O) groups excluding carboxylic acids is 1. The molecule has 1 aromatic heterocycles. The van der Waals surface area contributed by atoms with Crippen molar-refractivity contribution in [3.63, 3.8) is 0 Å². The summed E-state index contributed by atoms with van der Waals surface area (Å²) < 4.78 is 5.16. The van der Waals surface area contributed by atoms with Crippen LogP contribution in [0.2, 0.25) is 15.2 Å². The molecular formula is C16H23Cl3N2O2. The summed E-state index contributed by atoms with van der Waals surface area (Å²) in [5.74, 6) is -0.636. The van der Waals surface area contributed by atoms with E-state index in [0.717, 1.165) is 19.3 Å². The molecule has 0 atom stereocenters. The van der Waals surface area contributed by atoms with E-state index in [1.54, 1.807) is 0 Å². The molecule has 0 saturated heterocycles. The molecule has 7 heteroatoms. The number of pyridine rings is 1. The molecular weight excluding hydrogens is 359 g/mol. The minimum absolute atomic E-state index is 0.0275. The number of halogens is 3. The highest BCUT2D eigenvalue weighted by molar-refractivity contribution is 6.46. The standard InChI is InChI=1S/C16H23Cl3N2O2/c1-2-3-4-5-6-7-8-9-10-23-16(22)14-11(17)13(20)12(18)15(19)21-14/h2-10H2,1H3,(H2,20,21). The first-order chi connectivity index (χ1) is 11.0. The van der Waals surface area contributed by atoms with E-state index in [9.17, 15) is 4.79 Å². The maximum absolute atomic E-state index is 12.0. The van der Waals surface area contributed by atoms with Gasteiger partial charge in [-0.2, -0.15) is 0 Å². The highest BCUT2D eigenvalue weighted by atomic mass is 35.5. The van der Waals surface area contributed by atoms with Gasteiger partial charge in [0.25, 0.3) is 0 Å². The van der Waals surface area contributed by atoms with Crippen LogP contribution in [0.1, 0.15) is 68.8 Å². The largest absolute Gasteiger partial charge is 0.461 e. The highest BCUT2D eigenvalue weighted by Crippen LogP contribution is 2.34. The number of hydrogen-bond acceptors (Lipinski definition) is 4. The number of unbranched alkanes of at least 4 members (excludes halogenated alkanes) is 7. The van der Waals surface area contributed by atoms with Crippen molar-refractivity contribution in [1.29, 1.82) is 0 Å². The Hall–Kier alpha value is -0.710. The van der Waals surface area contributed by atoms with Gasteiger partial charge in [-0.1, -0.05) is 86.7 Å². The molecule has 0 amide bonds. The Kier molecular flexibility index (Phi) is 9.68. The van der Waals surface area contributed by atoms with Gasteiger partial charge in [0.2, 0.25) is 0 Å². The molecule has 0 unspecified atom stereocenters. The summed E-state index contributed by atoms with van der Waals surface area (Å²) in [6, 6.07) is 0. The Morgan fingerprint density at radius 2 is 1.57 bits per heavy atom. The van der Waals surface area contributed by atoms with Crippen molar-refractivity contribution in [1.82, 2.24) is 4.98 Å². The Morgan fingerprint density at radius 3 is 2.17 bits per heavy atom. The Morgan fingerprint density at radius 1 is 1.00 bits per heavy atom. The van der Waals surface area contributed by atoms with E-state index in [0.29, 0.717) is 6.61 Å². The summed E-state index contributed by atoms with van der Waals surface area (Å²) in [7, 11) is 0. The third-order valence-corrected chi connectivity index (χ3v) is 4.63. The van der Waals surface area contributed by atoms with E-state index in [2.05, 4.69) is 11.9 Å². The van der Waals surface area contributed by atoms with Gasteiger partial charge in [0.1, 0.15) is 5.02 Å². The number of carbonyl (C=O) groups is 1. The second-order valence-corrected chi connectivity index (χ2v) is 6.52. The predicted molar refractivity (Wildman–Crippen MR) is 96.6 cm³/mol. The molecule has 0 bridgehead atoms. The van der Waals surface area contributed by atoms with Gasteiger partial charge in [-0.15, -0.1) is 0 Å². The van der Waals surface area contributed by atoms with E-state index in [1.165, 1.54) is 32.1 Å². The van der Waals surface area contributed by atoms with E-state index in [1.807, 2.05) is 0 Å². The number of nitrogen functional groups attached to an aromatic ring is 1. The van der Waals surface area contributed by atoms with Crippen LogP contribution < -0.4 is 5.73 Å². The quantitative estimate of drug-likeness (QED) is 0.310. The van der Waals surface area contributed by atoms with Crippen LogP contribution >= 0.6 is 34.8 Å². The Balaban J connectivity index is 2.30. The lowest BCUT2D eigenvalue weighted by molar-refractivity contribution is 0.0491. The number of ether oxygens (including phenoxy) is 1. The summed E-state index contributed by atoms with van der Waals surface area (Å²) in [4.78, 5) is 15.8. The average Bonchev–Trinajstić information content (AvgIpc) is 2.54. The number of rotatable bonds is 10. The van der Waals surface area contributed by atoms with E-state index in [4.69, 9.17) is 45.3 Å². The van der Waals surface area contributed by atoms with Crippen LogP contribution in [0.3, 0.4) is 0 Å². The smallest absolute Gasteiger partial charge is 0.358 e. The number of anilines is 1. The third-order valence-electron chi connectivity index (χ3n) is 3.50. The summed E-state index contributed by atoms with van der Waals surface area (Å²) in [6.07, 6.45) is 9.36. The average molecular weight is 382 g/mol. The normalized spacial score (nSPS) is 10.8. The molecule has 0 fully saturated rings. The van der Waals surface area contributed by atoms with E-state index < -0.39 is 5.97 Å². The van der Waals surface area contributed by atoms with Crippen molar-refractivity contribution in [3.8, 4) is 0 Å². The number of hydrogen-bond donors (Lipinski definition) is 1. The summed E-state index contributed by atoms with van der Waals surface area (Å²) in [6.45, 7) is 2.53. The first-order valence-electron chi connectivity index (χ1n) is 7.96. The fraction of sp³-hybridized carbons (Fsp3) is 0.625. The van der Waals surface area contributed by atoms with Gasteiger partial charge in [-0.3, -0.25) is 0 Å². The predicted octanol–water partition coefficient (Wildman–Crippen LogP) is 5.92. The maximum Gasteiger partial charge on any atom is 0.358 e. The van der Waals surface area contributed by atoms with Crippen LogP contribution in [-0.2, 0) is 4.74 Å². The topological polar surface area (TPSA) is 65.2 Å². The molecule has 0 spiro atoms. The van der Waals surface area contributed by atoms with Gasteiger partial charge in [-0.05, 0) is 6.42 Å². The summed E-state index contributed by atoms with van der Waals surface area (Å²) >= 11 is 17.6. The molecule has 0 aliphatic carbocycles. The number of aromatic nitrogens is 1. The lowest BCUT2D eigenvalue weighted by atomic mass is 10.1. The molecule has 2 N–H and O–H groups in total. The second-order valence-electron chi connectivity index (χ2n) is 5.40. The Bertz CT molecular complexity index is 525. The van der Waals surface area contributed by atoms with Gasteiger partial charge in [-0.25, -0.2) is 9.78 Å². The van der Waals surface area contributed by atoms with E-state index >= 15 is 0 Å². The van der Waals surface area contributed by atoms with E-state index in [-0.39, 0.29) is 26.6 Å². The molecule has 23 heavy (non-hydrogen) atoms. The van der Waals surface area contributed by atoms with Crippen LogP contribution in [0, 0.1) is 0 Å². The van der Waals surface area contributed by atoms with Crippen LogP contribution in [-0.4, -0.2) is 17.6 Å². The van der Waals surface area contributed by atoms with Crippen molar-refractivity contribution in [2.45, 2.75) is 58.3 Å². The molecule has 4 nitrogen and oxygen atoms in total. The number of nitrogens with two attached hydrogens (primary N) is 1. The fourth-order valence-corrected chi connectivity index (χ4v) is 2.72. The van der Waals surface area contributed by atoms with Crippen LogP contribution in [0.15, 0.2) is 0 Å². The SMILES string of the molecule is CCCCCCCCCCOC(=O)c1nc(Cl)c(Cl)c(N)c1Cl. The molecule has 1 rings (SSSR count). The van der Waals surface area contributed by atoms with Gasteiger partial charge in [0, 0.05) is 0 Å². The molecule has 0 aliphatic rings. The lowest BCUT2D eigenvalue weighted by Crippen LogP contribution is -2.11. The van der Waals surface area contributed by atoms with Crippen molar-refractivity contribution >= 4 is 46.5 Å². The molecule has 130 valence electrons. The first-order valence-corrected chi connectivity index (χ1v) is 9.09.